The normalized spacial score (nSPS) is 11.9. The standard InChI is InChI=1S/C10H12N2OS2/c1-7(4-11)5-12(2)10(13)9-3-8(14)6-15-9/h3,6-7,14H,5H2,1-2H3. The lowest BCUT2D eigenvalue weighted by Gasteiger charge is -2.17. The molecule has 80 valence electrons. The van der Waals surface area contributed by atoms with Gasteiger partial charge in [-0.1, -0.05) is 0 Å². The van der Waals surface area contributed by atoms with Gasteiger partial charge in [-0.25, -0.2) is 0 Å². The van der Waals surface area contributed by atoms with E-state index in [0.717, 1.165) is 4.90 Å². The molecule has 1 amide bonds. The molecular weight excluding hydrogens is 228 g/mol. The average molecular weight is 240 g/mol. The average Bonchev–Trinajstić information content (AvgIpc) is 2.63. The van der Waals surface area contributed by atoms with E-state index in [1.165, 1.54) is 11.3 Å². The molecule has 0 saturated carbocycles. The summed E-state index contributed by atoms with van der Waals surface area (Å²) in [4.78, 5) is 14.8. The first-order valence-corrected chi connectivity index (χ1v) is 5.80. The van der Waals surface area contributed by atoms with Gasteiger partial charge < -0.3 is 4.90 Å². The summed E-state index contributed by atoms with van der Waals surface area (Å²) in [5.74, 6) is -0.197. The predicted molar refractivity (Wildman–Crippen MR) is 63.3 cm³/mol. The molecule has 3 nitrogen and oxygen atoms in total. The van der Waals surface area contributed by atoms with E-state index in [4.69, 9.17) is 5.26 Å². The Kier molecular flexibility index (Phi) is 4.18. The molecule has 1 heterocycles. The van der Waals surface area contributed by atoms with Gasteiger partial charge in [-0.05, 0) is 13.0 Å². The molecule has 0 aliphatic rings. The van der Waals surface area contributed by atoms with Gasteiger partial charge in [0.25, 0.3) is 5.91 Å². The van der Waals surface area contributed by atoms with Crippen LogP contribution in [0.1, 0.15) is 16.6 Å². The van der Waals surface area contributed by atoms with Crippen LogP contribution < -0.4 is 0 Å². The Hall–Kier alpha value is -0.990. The summed E-state index contributed by atoms with van der Waals surface area (Å²) in [6.45, 7) is 2.25. The summed E-state index contributed by atoms with van der Waals surface area (Å²) in [6, 6.07) is 3.84. The Labute approximate surface area is 98.7 Å². The van der Waals surface area contributed by atoms with Gasteiger partial charge in [0.1, 0.15) is 0 Å². The predicted octanol–water partition coefficient (Wildman–Crippen LogP) is 2.27. The molecule has 0 aliphatic heterocycles. The van der Waals surface area contributed by atoms with E-state index in [0.29, 0.717) is 11.4 Å². The van der Waals surface area contributed by atoms with Crippen molar-refractivity contribution in [3.8, 4) is 6.07 Å². The number of hydrogen-bond donors (Lipinski definition) is 1. The first-order chi connectivity index (χ1) is 7.04. The minimum Gasteiger partial charge on any atom is -0.340 e. The van der Waals surface area contributed by atoms with Crippen LogP contribution >= 0.6 is 24.0 Å². The maximum atomic E-state index is 11.8. The van der Waals surface area contributed by atoms with Crippen LogP contribution in [0.2, 0.25) is 0 Å². The van der Waals surface area contributed by atoms with Gasteiger partial charge in [0.05, 0.1) is 16.9 Å². The van der Waals surface area contributed by atoms with Gasteiger partial charge in [-0.15, -0.1) is 24.0 Å². The van der Waals surface area contributed by atoms with Crippen molar-refractivity contribution >= 4 is 29.9 Å². The molecule has 1 rings (SSSR count). The van der Waals surface area contributed by atoms with Crippen LogP contribution in [0.3, 0.4) is 0 Å². The Bertz CT molecular complexity index is 394. The molecule has 0 spiro atoms. The molecule has 0 fully saturated rings. The van der Waals surface area contributed by atoms with Gasteiger partial charge in [-0.3, -0.25) is 4.79 Å². The van der Waals surface area contributed by atoms with Gasteiger partial charge in [0.15, 0.2) is 0 Å². The van der Waals surface area contributed by atoms with E-state index >= 15 is 0 Å². The minimum absolute atomic E-state index is 0.0533. The summed E-state index contributed by atoms with van der Waals surface area (Å²) >= 11 is 5.51. The van der Waals surface area contributed by atoms with Crippen LogP contribution in [0.25, 0.3) is 0 Å². The Morgan fingerprint density at radius 1 is 1.80 bits per heavy atom. The van der Waals surface area contributed by atoms with Crippen molar-refractivity contribution < 1.29 is 4.79 Å². The lowest BCUT2D eigenvalue weighted by Crippen LogP contribution is -2.30. The van der Waals surface area contributed by atoms with Crippen LogP contribution in [0.4, 0.5) is 0 Å². The van der Waals surface area contributed by atoms with Crippen molar-refractivity contribution in [3.63, 3.8) is 0 Å². The van der Waals surface area contributed by atoms with Gasteiger partial charge >= 0.3 is 0 Å². The molecular formula is C10H12N2OS2. The molecule has 0 radical (unpaired) electrons. The second-order valence-electron chi connectivity index (χ2n) is 3.38. The smallest absolute Gasteiger partial charge is 0.263 e. The van der Waals surface area contributed by atoms with E-state index in [9.17, 15) is 4.79 Å². The highest BCUT2D eigenvalue weighted by atomic mass is 32.1. The number of amides is 1. The van der Waals surface area contributed by atoms with Crippen molar-refractivity contribution in [3.05, 3.63) is 16.3 Å². The number of carbonyl (C=O) groups excluding carboxylic acids is 1. The molecule has 1 aromatic rings. The summed E-state index contributed by atoms with van der Waals surface area (Å²) in [5.41, 5.74) is 0. The Balaban J connectivity index is 2.65. The molecule has 0 bridgehead atoms. The van der Waals surface area contributed by atoms with Gasteiger partial charge in [0.2, 0.25) is 0 Å². The monoisotopic (exact) mass is 240 g/mol. The fraction of sp³-hybridized carbons (Fsp3) is 0.400. The fourth-order valence-corrected chi connectivity index (χ4v) is 2.30. The number of nitriles is 1. The highest BCUT2D eigenvalue weighted by Gasteiger charge is 2.15. The number of carbonyl (C=O) groups is 1. The molecule has 1 atom stereocenters. The topological polar surface area (TPSA) is 44.1 Å². The number of rotatable bonds is 3. The van der Waals surface area contributed by atoms with E-state index in [1.807, 2.05) is 5.38 Å². The van der Waals surface area contributed by atoms with Crippen molar-refractivity contribution in [2.45, 2.75) is 11.8 Å². The van der Waals surface area contributed by atoms with Crippen LogP contribution in [-0.2, 0) is 0 Å². The summed E-state index contributed by atoms with van der Waals surface area (Å²) < 4.78 is 0. The highest BCUT2D eigenvalue weighted by Crippen LogP contribution is 2.19. The first kappa shape index (κ1) is 12.1. The van der Waals surface area contributed by atoms with Crippen molar-refractivity contribution in [2.24, 2.45) is 5.92 Å². The van der Waals surface area contributed by atoms with E-state index in [2.05, 4.69) is 18.7 Å². The molecule has 0 aromatic carbocycles. The SMILES string of the molecule is CC(C#N)CN(C)C(=O)c1cc(S)cs1. The molecule has 5 heteroatoms. The van der Waals surface area contributed by atoms with E-state index < -0.39 is 0 Å². The lowest BCUT2D eigenvalue weighted by atomic mass is 10.2. The van der Waals surface area contributed by atoms with E-state index in [-0.39, 0.29) is 11.8 Å². The zero-order valence-corrected chi connectivity index (χ0v) is 10.3. The lowest BCUT2D eigenvalue weighted by molar-refractivity contribution is 0.0789. The third kappa shape index (κ3) is 3.26. The van der Waals surface area contributed by atoms with Gasteiger partial charge in [-0.2, -0.15) is 5.26 Å². The third-order valence-electron chi connectivity index (χ3n) is 1.91. The zero-order valence-electron chi connectivity index (χ0n) is 8.60. The summed E-state index contributed by atoms with van der Waals surface area (Å²) in [7, 11) is 1.70. The summed E-state index contributed by atoms with van der Waals surface area (Å²) in [6.07, 6.45) is 0. The number of thiophene rings is 1. The van der Waals surface area contributed by atoms with Crippen molar-refractivity contribution in [1.82, 2.24) is 4.90 Å². The maximum absolute atomic E-state index is 11.8. The van der Waals surface area contributed by atoms with Crippen LogP contribution in [0.5, 0.6) is 0 Å². The third-order valence-corrected chi connectivity index (χ3v) is 3.26. The Morgan fingerprint density at radius 2 is 2.47 bits per heavy atom. The maximum Gasteiger partial charge on any atom is 0.263 e. The number of nitrogens with zero attached hydrogens (tertiary/aromatic N) is 2. The van der Waals surface area contributed by atoms with Gasteiger partial charge in [0, 0.05) is 23.9 Å². The molecule has 15 heavy (non-hydrogen) atoms. The van der Waals surface area contributed by atoms with Crippen molar-refractivity contribution in [1.29, 1.82) is 5.26 Å². The minimum atomic E-state index is -0.144. The first-order valence-electron chi connectivity index (χ1n) is 4.47. The zero-order chi connectivity index (χ0) is 11.4. The van der Waals surface area contributed by atoms with Crippen LogP contribution in [-0.4, -0.2) is 24.4 Å². The van der Waals surface area contributed by atoms with Crippen LogP contribution in [0.15, 0.2) is 16.3 Å². The van der Waals surface area contributed by atoms with Crippen LogP contribution in [0, 0.1) is 17.2 Å². The number of hydrogen-bond acceptors (Lipinski definition) is 4. The molecule has 0 N–H and O–H groups in total. The molecule has 0 aliphatic carbocycles. The highest BCUT2D eigenvalue weighted by molar-refractivity contribution is 7.80. The van der Waals surface area contributed by atoms with Crippen molar-refractivity contribution in [2.75, 3.05) is 13.6 Å². The second kappa shape index (κ2) is 5.19. The second-order valence-corrected chi connectivity index (χ2v) is 4.81. The number of thiol groups is 1. The Morgan fingerprint density at radius 3 is 2.93 bits per heavy atom. The molecule has 1 unspecified atom stereocenters. The molecule has 0 saturated heterocycles. The molecule has 1 aromatic heterocycles. The quantitative estimate of drug-likeness (QED) is 0.824. The summed E-state index contributed by atoms with van der Waals surface area (Å²) in [5, 5.41) is 10.5. The largest absolute Gasteiger partial charge is 0.340 e. The van der Waals surface area contributed by atoms with E-state index in [1.54, 1.807) is 24.9 Å². The fourth-order valence-electron chi connectivity index (χ4n) is 1.16.